The molecule has 2 N–H and O–H groups in total. The van der Waals surface area contributed by atoms with Gasteiger partial charge < -0.3 is 15.5 Å². The molecule has 6 rings (SSSR count). The molecule has 0 fully saturated rings. The Labute approximate surface area is 210 Å². The molecule has 2 aromatic heterocycles. The van der Waals surface area contributed by atoms with Gasteiger partial charge in [0, 0.05) is 37.7 Å². The van der Waals surface area contributed by atoms with Crippen molar-refractivity contribution in [1.82, 2.24) is 24.6 Å². The second-order valence-corrected chi connectivity index (χ2v) is 9.41. The lowest BCUT2D eigenvalue weighted by Gasteiger charge is -2.29. The van der Waals surface area contributed by atoms with Crippen LogP contribution < -0.4 is 10.6 Å². The number of carbonyl (C=O) groups is 1. The maximum atomic E-state index is 12.9. The number of anilines is 4. The van der Waals surface area contributed by atoms with Gasteiger partial charge in [0.05, 0.1) is 5.39 Å². The second kappa shape index (κ2) is 8.75. The number of hydrogen-bond donors (Lipinski definition) is 2. The molecule has 1 amide bonds. The average Bonchev–Trinajstić information content (AvgIpc) is 3.48. The van der Waals surface area contributed by atoms with E-state index in [2.05, 4.69) is 37.8 Å². The average molecular weight is 508 g/mol. The van der Waals surface area contributed by atoms with E-state index in [0.717, 1.165) is 40.8 Å². The normalized spacial score (nSPS) is 15.0. The highest BCUT2D eigenvalue weighted by atomic mass is 19.4. The molecule has 0 radical (unpaired) electrons. The van der Waals surface area contributed by atoms with Crippen molar-refractivity contribution in [2.24, 2.45) is 7.05 Å². The third-order valence-corrected chi connectivity index (χ3v) is 6.98. The summed E-state index contributed by atoms with van der Waals surface area (Å²) in [4.78, 5) is 21.6. The number of aryl methyl sites for hydroxylation is 2. The van der Waals surface area contributed by atoms with Gasteiger partial charge in [-0.2, -0.15) is 23.3 Å². The number of nitrogens with one attached hydrogen (secondary N) is 2. The van der Waals surface area contributed by atoms with Gasteiger partial charge in [-0.1, -0.05) is 18.2 Å². The summed E-state index contributed by atoms with van der Waals surface area (Å²) in [6.07, 6.45) is 0.463. The van der Waals surface area contributed by atoms with Gasteiger partial charge in [-0.3, -0.25) is 4.79 Å². The number of fused-ring (bicyclic) bond motifs is 3. The van der Waals surface area contributed by atoms with Crippen molar-refractivity contribution in [1.29, 1.82) is 0 Å². The Hall–Kier alpha value is -4.15. The van der Waals surface area contributed by atoms with Gasteiger partial charge in [0.25, 0.3) is 0 Å². The molecule has 4 aromatic rings. The number of nitrogens with zero attached hydrogens (tertiary/aromatic N) is 5. The van der Waals surface area contributed by atoms with Crippen LogP contribution >= 0.6 is 0 Å². The van der Waals surface area contributed by atoms with E-state index in [1.807, 2.05) is 25.2 Å². The quantitative estimate of drug-likeness (QED) is 0.413. The minimum Gasteiger partial charge on any atom is -0.338 e. The lowest BCUT2D eigenvalue weighted by atomic mass is 9.99. The first-order chi connectivity index (χ1) is 17.8. The van der Waals surface area contributed by atoms with Crippen LogP contribution in [0, 0.1) is 0 Å². The van der Waals surface area contributed by atoms with Crippen LogP contribution in [0.15, 0.2) is 42.6 Å². The Morgan fingerprint density at radius 3 is 2.73 bits per heavy atom. The van der Waals surface area contributed by atoms with E-state index in [-0.39, 0.29) is 13.1 Å². The lowest BCUT2D eigenvalue weighted by molar-refractivity contribution is -0.186. The van der Waals surface area contributed by atoms with Gasteiger partial charge in [0.1, 0.15) is 0 Å². The van der Waals surface area contributed by atoms with Crippen LogP contribution in [0.5, 0.6) is 0 Å². The first-order valence-corrected chi connectivity index (χ1v) is 12.1. The van der Waals surface area contributed by atoms with E-state index < -0.39 is 12.1 Å². The minimum atomic E-state index is -4.88. The smallest absolute Gasteiger partial charge is 0.338 e. The number of halogens is 3. The predicted octanol–water partition coefficient (Wildman–Crippen LogP) is 4.79. The number of hydrogen-bond acceptors (Lipinski definition) is 6. The first kappa shape index (κ1) is 23.3. The predicted molar refractivity (Wildman–Crippen MR) is 133 cm³/mol. The molecular weight excluding hydrogens is 483 g/mol. The van der Waals surface area contributed by atoms with Crippen molar-refractivity contribution in [3.8, 4) is 0 Å². The molecule has 8 nitrogen and oxygen atoms in total. The van der Waals surface area contributed by atoms with Crippen molar-refractivity contribution in [2.45, 2.75) is 38.4 Å². The zero-order chi connectivity index (χ0) is 25.7. The van der Waals surface area contributed by atoms with Gasteiger partial charge in [-0.15, -0.1) is 0 Å². The van der Waals surface area contributed by atoms with Crippen molar-refractivity contribution < 1.29 is 18.0 Å². The summed E-state index contributed by atoms with van der Waals surface area (Å²) in [7, 11) is 1.81. The van der Waals surface area contributed by atoms with E-state index in [1.54, 1.807) is 16.9 Å². The summed E-state index contributed by atoms with van der Waals surface area (Å²) < 4.78 is 40.3. The summed E-state index contributed by atoms with van der Waals surface area (Å²) in [6.45, 7) is -0.0520. The molecule has 3 heterocycles. The highest BCUT2D eigenvalue weighted by Crippen LogP contribution is 2.33. The molecule has 0 spiro atoms. The number of alkyl halides is 3. The Morgan fingerprint density at radius 1 is 1.03 bits per heavy atom. The Bertz CT molecular complexity index is 1530. The standard InChI is InChI=1S/C26H24F3N7O/c1-35-23-20(22(34-35)32-21-7-3-5-16-4-2-6-19(16)21)13-30-25(33-23)31-18-9-8-15-10-11-36(14-17(15)12-18)24(37)26(27,28)29/h3,5,7-9,12-13H,2,4,6,10-11,14H2,1H3,(H,32,34)(H,30,31,33). The molecule has 2 aliphatic rings. The molecule has 1 aliphatic carbocycles. The van der Waals surface area contributed by atoms with Crippen LogP contribution in [-0.2, 0) is 37.6 Å². The summed E-state index contributed by atoms with van der Waals surface area (Å²) >= 11 is 0. The van der Waals surface area contributed by atoms with Crippen molar-refractivity contribution >= 4 is 40.1 Å². The van der Waals surface area contributed by atoms with Crippen molar-refractivity contribution in [2.75, 3.05) is 17.2 Å². The van der Waals surface area contributed by atoms with Crippen LogP contribution in [0.2, 0.25) is 0 Å². The van der Waals surface area contributed by atoms with Crippen LogP contribution in [0.1, 0.15) is 28.7 Å². The third-order valence-electron chi connectivity index (χ3n) is 6.98. The Morgan fingerprint density at radius 2 is 1.89 bits per heavy atom. The van der Waals surface area contributed by atoms with Gasteiger partial charge in [0.15, 0.2) is 11.5 Å². The van der Waals surface area contributed by atoms with Crippen LogP contribution in [0.25, 0.3) is 11.0 Å². The fourth-order valence-electron chi connectivity index (χ4n) is 5.17. The van der Waals surface area contributed by atoms with Gasteiger partial charge >= 0.3 is 12.1 Å². The van der Waals surface area contributed by atoms with Crippen molar-refractivity contribution in [3.05, 3.63) is 64.8 Å². The lowest BCUT2D eigenvalue weighted by Crippen LogP contribution is -2.43. The van der Waals surface area contributed by atoms with E-state index in [9.17, 15) is 18.0 Å². The van der Waals surface area contributed by atoms with Gasteiger partial charge in [-0.25, -0.2) is 9.67 Å². The van der Waals surface area contributed by atoms with E-state index in [0.29, 0.717) is 35.1 Å². The van der Waals surface area contributed by atoms with Crippen LogP contribution in [-0.4, -0.2) is 43.3 Å². The second-order valence-electron chi connectivity index (χ2n) is 9.41. The number of carbonyl (C=O) groups excluding carboxylic acids is 1. The van der Waals surface area contributed by atoms with Crippen molar-refractivity contribution in [3.63, 3.8) is 0 Å². The fourth-order valence-corrected chi connectivity index (χ4v) is 5.17. The number of aromatic nitrogens is 4. The molecule has 1 aliphatic heterocycles. The molecule has 0 unspecified atom stereocenters. The summed E-state index contributed by atoms with van der Waals surface area (Å²) in [5.74, 6) is -0.805. The number of amides is 1. The maximum Gasteiger partial charge on any atom is 0.471 e. The maximum absolute atomic E-state index is 12.9. The molecule has 190 valence electrons. The van der Waals surface area contributed by atoms with Crippen LogP contribution in [0.4, 0.5) is 36.3 Å². The summed E-state index contributed by atoms with van der Waals surface area (Å²) in [5.41, 5.74) is 6.57. The third kappa shape index (κ3) is 4.34. The van der Waals surface area contributed by atoms with E-state index >= 15 is 0 Å². The van der Waals surface area contributed by atoms with Gasteiger partial charge in [0.2, 0.25) is 5.95 Å². The molecule has 0 atom stereocenters. The zero-order valence-corrected chi connectivity index (χ0v) is 20.1. The SMILES string of the molecule is Cn1nc(Nc2cccc3c2CCC3)c2cnc(Nc3ccc4c(c3)CN(C(=O)C(F)(F)F)CC4)nc21. The van der Waals surface area contributed by atoms with Crippen LogP contribution in [0.3, 0.4) is 0 Å². The zero-order valence-electron chi connectivity index (χ0n) is 20.1. The molecular formula is C26H24F3N7O. The topological polar surface area (TPSA) is 88.0 Å². The highest BCUT2D eigenvalue weighted by Gasteiger charge is 2.43. The summed E-state index contributed by atoms with van der Waals surface area (Å²) in [6, 6.07) is 11.7. The van der Waals surface area contributed by atoms with Gasteiger partial charge in [-0.05, 0) is 66.1 Å². The molecule has 0 bridgehead atoms. The monoisotopic (exact) mass is 507 g/mol. The fraction of sp³-hybridized carbons (Fsp3) is 0.308. The molecule has 0 saturated heterocycles. The molecule has 11 heteroatoms. The summed E-state index contributed by atoms with van der Waals surface area (Å²) in [5, 5.41) is 12.0. The van der Waals surface area contributed by atoms with E-state index in [4.69, 9.17) is 0 Å². The number of benzene rings is 2. The minimum absolute atomic E-state index is 0.0422. The molecule has 0 saturated carbocycles. The first-order valence-electron chi connectivity index (χ1n) is 12.1. The molecule has 37 heavy (non-hydrogen) atoms. The highest BCUT2D eigenvalue weighted by molar-refractivity contribution is 5.90. The Balaban J connectivity index is 1.23. The number of rotatable bonds is 4. The van der Waals surface area contributed by atoms with E-state index in [1.165, 1.54) is 11.1 Å². The molecule has 2 aromatic carbocycles. The Kier molecular flexibility index (Phi) is 5.50. The largest absolute Gasteiger partial charge is 0.471 e.